The molecule has 2 rings (SSSR count). The van der Waals surface area contributed by atoms with Crippen LogP contribution in [0.3, 0.4) is 0 Å². The molecule has 0 spiro atoms. The van der Waals surface area contributed by atoms with Crippen LogP contribution in [0.5, 0.6) is 0 Å². The third kappa shape index (κ3) is 2.81. The Bertz CT molecular complexity index is 302. The molecule has 0 amide bonds. The number of aromatic nitrogens is 1. The number of ether oxygens (including phenoxy) is 1. The first-order valence-corrected chi connectivity index (χ1v) is 6.91. The lowest BCUT2D eigenvalue weighted by Crippen LogP contribution is -2.43. The first-order chi connectivity index (χ1) is 7.81. The quantitative estimate of drug-likeness (QED) is 0.855. The van der Waals surface area contributed by atoms with Crippen LogP contribution < -0.4 is 5.32 Å². The van der Waals surface area contributed by atoms with E-state index in [1.165, 1.54) is 11.3 Å². The Labute approximate surface area is 101 Å². The molecule has 2 heterocycles. The van der Waals surface area contributed by atoms with E-state index in [1.807, 2.05) is 11.7 Å². The number of nitrogens with zero attached hydrogens (tertiary/aromatic N) is 1. The number of thiazole rings is 1. The van der Waals surface area contributed by atoms with Gasteiger partial charge in [0.2, 0.25) is 0 Å². The van der Waals surface area contributed by atoms with E-state index in [0.717, 1.165) is 19.6 Å². The zero-order chi connectivity index (χ0) is 11.4. The zero-order valence-corrected chi connectivity index (χ0v) is 10.8. The van der Waals surface area contributed by atoms with Gasteiger partial charge in [-0.2, -0.15) is 0 Å². The average molecular weight is 240 g/mol. The Kier molecular flexibility index (Phi) is 4.32. The highest BCUT2D eigenvalue weighted by molar-refractivity contribution is 7.09. The Morgan fingerprint density at radius 2 is 2.56 bits per heavy atom. The van der Waals surface area contributed by atoms with Crippen molar-refractivity contribution in [2.45, 2.75) is 38.8 Å². The normalized spacial score (nSPS) is 27.1. The van der Waals surface area contributed by atoms with Crippen LogP contribution in [0.1, 0.15) is 25.1 Å². The fourth-order valence-electron chi connectivity index (χ4n) is 2.36. The van der Waals surface area contributed by atoms with Crippen molar-refractivity contribution in [3.8, 4) is 0 Å². The van der Waals surface area contributed by atoms with Crippen LogP contribution >= 0.6 is 11.3 Å². The lowest BCUT2D eigenvalue weighted by Gasteiger charge is -2.26. The summed E-state index contributed by atoms with van der Waals surface area (Å²) < 4.78 is 5.85. The van der Waals surface area contributed by atoms with E-state index in [4.69, 9.17) is 4.74 Å². The Hall–Kier alpha value is -0.450. The van der Waals surface area contributed by atoms with Gasteiger partial charge < -0.3 is 10.1 Å². The second-order valence-electron chi connectivity index (χ2n) is 4.44. The van der Waals surface area contributed by atoms with Gasteiger partial charge in [-0.15, -0.1) is 11.3 Å². The highest BCUT2D eigenvalue weighted by Crippen LogP contribution is 2.25. The molecule has 1 N–H and O–H groups in total. The molecule has 0 aliphatic carbocycles. The Balaban J connectivity index is 1.99. The lowest BCUT2D eigenvalue weighted by molar-refractivity contribution is 0.0617. The van der Waals surface area contributed by atoms with E-state index in [1.54, 1.807) is 11.3 Å². The van der Waals surface area contributed by atoms with Crippen molar-refractivity contribution in [1.29, 1.82) is 0 Å². The summed E-state index contributed by atoms with van der Waals surface area (Å²) in [5.41, 5.74) is 1.90. The molecule has 0 radical (unpaired) electrons. The summed E-state index contributed by atoms with van der Waals surface area (Å²) >= 11 is 1.73. The van der Waals surface area contributed by atoms with Gasteiger partial charge in [-0.25, -0.2) is 0 Å². The average Bonchev–Trinajstić information content (AvgIpc) is 2.88. The van der Waals surface area contributed by atoms with Crippen molar-refractivity contribution in [3.05, 3.63) is 16.6 Å². The van der Waals surface area contributed by atoms with Crippen LogP contribution in [0, 0.1) is 5.92 Å². The molecular weight excluding hydrogens is 220 g/mol. The summed E-state index contributed by atoms with van der Waals surface area (Å²) in [5.74, 6) is 0.664. The maximum atomic E-state index is 5.85. The number of rotatable bonds is 5. The fraction of sp³-hybridized carbons (Fsp3) is 0.750. The second-order valence-corrected chi connectivity index (χ2v) is 5.41. The molecule has 90 valence electrons. The van der Waals surface area contributed by atoms with Crippen molar-refractivity contribution < 1.29 is 4.74 Å². The van der Waals surface area contributed by atoms with Gasteiger partial charge in [0.05, 0.1) is 11.6 Å². The van der Waals surface area contributed by atoms with Crippen LogP contribution in [0.2, 0.25) is 0 Å². The fourth-order valence-corrected chi connectivity index (χ4v) is 3.01. The molecule has 0 bridgehead atoms. The smallest absolute Gasteiger partial charge is 0.0794 e. The molecule has 1 fully saturated rings. The molecule has 3 nitrogen and oxygen atoms in total. The standard InChI is InChI=1S/C12H20N2OS/c1-3-14-11(6-10-7-13-8-16-10)12-9(2)4-5-15-12/h7-9,11-12,14H,3-6H2,1-2H3. The second kappa shape index (κ2) is 5.75. The molecule has 1 aromatic rings. The topological polar surface area (TPSA) is 34.2 Å². The SMILES string of the molecule is CCNC(Cc1cncs1)C1OCCC1C. The van der Waals surface area contributed by atoms with Gasteiger partial charge in [-0.05, 0) is 18.9 Å². The van der Waals surface area contributed by atoms with E-state index < -0.39 is 0 Å². The van der Waals surface area contributed by atoms with Crippen LogP contribution in [-0.4, -0.2) is 30.3 Å². The zero-order valence-electron chi connectivity index (χ0n) is 9.98. The Morgan fingerprint density at radius 3 is 3.12 bits per heavy atom. The van der Waals surface area contributed by atoms with Crippen LogP contribution in [0.15, 0.2) is 11.7 Å². The van der Waals surface area contributed by atoms with Gasteiger partial charge in [0.15, 0.2) is 0 Å². The van der Waals surface area contributed by atoms with Crippen molar-refractivity contribution >= 4 is 11.3 Å². The van der Waals surface area contributed by atoms with Gasteiger partial charge in [-0.1, -0.05) is 13.8 Å². The molecule has 4 heteroatoms. The summed E-state index contributed by atoms with van der Waals surface area (Å²) in [6.45, 7) is 6.35. The van der Waals surface area contributed by atoms with Crippen LogP contribution in [-0.2, 0) is 11.2 Å². The lowest BCUT2D eigenvalue weighted by atomic mass is 9.95. The molecular formula is C12H20N2OS. The predicted octanol–water partition coefficient (Wildman–Crippen LogP) is 2.09. The number of hydrogen-bond acceptors (Lipinski definition) is 4. The maximum absolute atomic E-state index is 5.85. The minimum absolute atomic E-state index is 0.363. The first-order valence-electron chi connectivity index (χ1n) is 6.03. The van der Waals surface area contributed by atoms with Crippen LogP contribution in [0.25, 0.3) is 0 Å². The van der Waals surface area contributed by atoms with Gasteiger partial charge in [-0.3, -0.25) is 4.98 Å². The van der Waals surface area contributed by atoms with E-state index in [2.05, 4.69) is 24.1 Å². The predicted molar refractivity (Wildman–Crippen MR) is 66.8 cm³/mol. The van der Waals surface area contributed by atoms with E-state index in [9.17, 15) is 0 Å². The minimum Gasteiger partial charge on any atom is -0.376 e. The van der Waals surface area contributed by atoms with Gasteiger partial charge in [0, 0.05) is 30.1 Å². The van der Waals surface area contributed by atoms with E-state index >= 15 is 0 Å². The molecule has 1 aromatic heterocycles. The third-order valence-corrected chi connectivity index (χ3v) is 4.01. The molecule has 0 saturated carbocycles. The summed E-state index contributed by atoms with van der Waals surface area (Å²) in [5, 5.41) is 3.55. The number of nitrogens with one attached hydrogen (secondary N) is 1. The largest absolute Gasteiger partial charge is 0.376 e. The molecule has 1 aliphatic rings. The monoisotopic (exact) mass is 240 g/mol. The summed E-state index contributed by atoms with van der Waals surface area (Å²) in [7, 11) is 0. The van der Waals surface area contributed by atoms with Gasteiger partial charge in [0.25, 0.3) is 0 Å². The molecule has 3 unspecified atom stereocenters. The van der Waals surface area contributed by atoms with Gasteiger partial charge in [0.1, 0.15) is 0 Å². The van der Waals surface area contributed by atoms with E-state index in [-0.39, 0.29) is 0 Å². The summed E-state index contributed by atoms with van der Waals surface area (Å²) in [6.07, 6.45) is 4.55. The molecule has 1 aliphatic heterocycles. The maximum Gasteiger partial charge on any atom is 0.0794 e. The molecule has 3 atom stereocenters. The highest BCUT2D eigenvalue weighted by atomic mass is 32.1. The summed E-state index contributed by atoms with van der Waals surface area (Å²) in [4.78, 5) is 5.47. The first kappa shape index (κ1) is 12.0. The van der Waals surface area contributed by atoms with Crippen molar-refractivity contribution in [3.63, 3.8) is 0 Å². The number of hydrogen-bond donors (Lipinski definition) is 1. The molecule has 0 aromatic carbocycles. The number of likely N-dealkylation sites (N-methyl/N-ethyl adjacent to an activating group) is 1. The van der Waals surface area contributed by atoms with Crippen LogP contribution in [0.4, 0.5) is 0 Å². The third-order valence-electron chi connectivity index (χ3n) is 3.21. The van der Waals surface area contributed by atoms with Crippen molar-refractivity contribution in [2.24, 2.45) is 5.92 Å². The van der Waals surface area contributed by atoms with Crippen molar-refractivity contribution in [2.75, 3.05) is 13.2 Å². The molecule has 16 heavy (non-hydrogen) atoms. The Morgan fingerprint density at radius 1 is 1.69 bits per heavy atom. The van der Waals surface area contributed by atoms with Gasteiger partial charge >= 0.3 is 0 Å². The van der Waals surface area contributed by atoms with E-state index in [0.29, 0.717) is 18.1 Å². The highest BCUT2D eigenvalue weighted by Gasteiger charge is 2.31. The van der Waals surface area contributed by atoms with Crippen molar-refractivity contribution in [1.82, 2.24) is 10.3 Å². The molecule has 1 saturated heterocycles. The minimum atomic E-state index is 0.363. The summed E-state index contributed by atoms with van der Waals surface area (Å²) in [6, 6.07) is 0.433.